The molecule has 0 spiro atoms. The number of halogens is 2. The maximum Gasteiger partial charge on any atom is 0.312 e. The predicted molar refractivity (Wildman–Crippen MR) is 92.9 cm³/mol. The fraction of sp³-hybridized carbons (Fsp3) is 0.188. The van der Waals surface area contributed by atoms with Crippen LogP contribution in [0.3, 0.4) is 0 Å². The van der Waals surface area contributed by atoms with Crippen molar-refractivity contribution in [1.29, 1.82) is 0 Å². The van der Waals surface area contributed by atoms with E-state index in [1.807, 2.05) is 0 Å². The molecule has 2 heterocycles. The Kier molecular flexibility index (Phi) is 3.93. The number of sulfonamides is 1. The molecule has 140 valence electrons. The molecule has 1 aliphatic carbocycles. The number of hydrogen-bond donors (Lipinski definition) is 1. The van der Waals surface area contributed by atoms with Crippen molar-refractivity contribution in [3.05, 3.63) is 53.1 Å². The first kappa shape index (κ1) is 17.5. The second-order valence-electron chi connectivity index (χ2n) is 5.93. The molecule has 27 heavy (non-hydrogen) atoms. The summed E-state index contributed by atoms with van der Waals surface area (Å²) in [6, 6.07) is 1.23. The summed E-state index contributed by atoms with van der Waals surface area (Å²) in [6.07, 6.45) is 4.97. The predicted octanol–water partition coefficient (Wildman–Crippen LogP) is 1.06. The lowest BCUT2D eigenvalue weighted by Gasteiger charge is -2.15. The highest BCUT2D eigenvalue weighted by molar-refractivity contribution is 7.89. The van der Waals surface area contributed by atoms with Gasteiger partial charge in [-0.15, -0.1) is 0 Å². The summed E-state index contributed by atoms with van der Waals surface area (Å²) in [4.78, 5) is 12.1. The van der Waals surface area contributed by atoms with Crippen molar-refractivity contribution in [3.8, 4) is 0 Å². The first-order valence-electron chi connectivity index (χ1n) is 7.72. The van der Waals surface area contributed by atoms with Crippen LogP contribution in [-0.4, -0.2) is 42.9 Å². The number of methoxy groups -OCH3 is 1. The minimum absolute atomic E-state index is 0.204. The van der Waals surface area contributed by atoms with Gasteiger partial charge in [0.25, 0.3) is 0 Å². The summed E-state index contributed by atoms with van der Waals surface area (Å²) in [5, 5.41) is 4.93. The molecule has 0 radical (unpaired) electrons. The molecule has 1 atom stereocenters. The van der Waals surface area contributed by atoms with Gasteiger partial charge >= 0.3 is 6.02 Å². The zero-order valence-electron chi connectivity index (χ0n) is 13.9. The van der Waals surface area contributed by atoms with Crippen molar-refractivity contribution < 1.29 is 21.9 Å². The Hall–Kier alpha value is -2.92. The van der Waals surface area contributed by atoms with E-state index in [1.54, 1.807) is 12.2 Å². The molecule has 2 N–H and O–H groups in total. The van der Waals surface area contributed by atoms with Gasteiger partial charge < -0.3 is 9.30 Å². The number of benzene rings is 1. The molecular weight excluding hydrogens is 380 g/mol. The molecule has 11 heteroatoms. The van der Waals surface area contributed by atoms with Gasteiger partial charge in [-0.3, -0.25) is 0 Å². The van der Waals surface area contributed by atoms with Crippen LogP contribution in [0.25, 0.3) is 6.08 Å². The van der Waals surface area contributed by atoms with E-state index >= 15 is 0 Å². The Morgan fingerprint density at radius 2 is 2.00 bits per heavy atom. The minimum Gasteiger partial charge on any atom is -0.467 e. The molecule has 2 aromatic rings. The van der Waals surface area contributed by atoms with Crippen molar-refractivity contribution in [3.63, 3.8) is 0 Å². The molecule has 1 aromatic carbocycles. The Labute approximate surface area is 152 Å². The number of ether oxygens (including phenoxy) is 1. The molecule has 8 nitrogen and oxygen atoms in total. The van der Waals surface area contributed by atoms with Gasteiger partial charge in [0.2, 0.25) is 10.0 Å². The topological polar surface area (TPSA) is 112 Å². The van der Waals surface area contributed by atoms with Crippen LogP contribution in [0.2, 0.25) is 0 Å². The van der Waals surface area contributed by atoms with Crippen LogP contribution >= 0.6 is 0 Å². The van der Waals surface area contributed by atoms with Crippen LogP contribution in [0.1, 0.15) is 17.0 Å². The molecule has 0 saturated heterocycles. The summed E-state index contributed by atoms with van der Waals surface area (Å²) < 4.78 is 58.0. The number of primary sulfonamides is 1. The molecule has 0 amide bonds. The number of amidine groups is 1. The maximum absolute atomic E-state index is 14.4. The van der Waals surface area contributed by atoms with Gasteiger partial charge in [-0.2, -0.15) is 4.99 Å². The molecule has 1 aliphatic heterocycles. The largest absolute Gasteiger partial charge is 0.467 e. The van der Waals surface area contributed by atoms with E-state index in [0.717, 1.165) is 0 Å². The quantitative estimate of drug-likeness (QED) is 0.840. The molecule has 1 unspecified atom stereocenters. The maximum atomic E-state index is 14.4. The first-order valence-corrected chi connectivity index (χ1v) is 9.27. The van der Waals surface area contributed by atoms with Crippen LogP contribution in [0.15, 0.2) is 39.4 Å². The molecule has 2 aliphatic rings. The third kappa shape index (κ3) is 2.94. The summed E-state index contributed by atoms with van der Waals surface area (Å²) in [5.41, 5.74) is 1.39. The van der Waals surface area contributed by atoms with Gasteiger partial charge in [0.05, 0.1) is 36.3 Å². The van der Waals surface area contributed by atoms with Crippen LogP contribution in [-0.2, 0) is 21.3 Å². The van der Waals surface area contributed by atoms with Crippen molar-refractivity contribution in [1.82, 2.24) is 9.55 Å². The van der Waals surface area contributed by atoms with Gasteiger partial charge in [0, 0.05) is 5.56 Å². The lowest BCUT2D eigenvalue weighted by Crippen LogP contribution is -2.23. The molecule has 0 fully saturated rings. The fourth-order valence-corrected chi connectivity index (χ4v) is 3.51. The number of nitrogens with two attached hydrogens (primary N) is 1. The van der Waals surface area contributed by atoms with Gasteiger partial charge in [-0.25, -0.2) is 32.3 Å². The van der Waals surface area contributed by atoms with Crippen LogP contribution < -0.4 is 5.14 Å². The third-order valence-corrected chi connectivity index (χ3v) is 5.14. The Morgan fingerprint density at radius 1 is 1.30 bits per heavy atom. The average molecular weight is 393 g/mol. The summed E-state index contributed by atoms with van der Waals surface area (Å²) in [5.74, 6) is -2.04. The van der Waals surface area contributed by atoms with E-state index < -0.39 is 26.6 Å². The van der Waals surface area contributed by atoms with Crippen molar-refractivity contribution >= 4 is 27.8 Å². The summed E-state index contributed by atoms with van der Waals surface area (Å²) in [6.45, 7) is -0.215. The van der Waals surface area contributed by atoms with E-state index in [0.29, 0.717) is 29.2 Å². The SMILES string of the molecule is COC1=NC2C=Cc3ncn(Cc4c(F)cc(S(N)(=O)=O)cc4F)c3C2=N1. The van der Waals surface area contributed by atoms with E-state index in [2.05, 4.69) is 15.0 Å². The molecule has 4 rings (SSSR count). The number of aliphatic imine (C=N–C) groups is 2. The van der Waals surface area contributed by atoms with Gasteiger partial charge in [-0.1, -0.05) is 6.08 Å². The highest BCUT2D eigenvalue weighted by atomic mass is 32.2. The average Bonchev–Trinajstić information content (AvgIpc) is 3.20. The zero-order valence-corrected chi connectivity index (χ0v) is 14.7. The van der Waals surface area contributed by atoms with E-state index in [-0.39, 0.29) is 24.2 Å². The lowest BCUT2D eigenvalue weighted by atomic mass is 10.0. The summed E-state index contributed by atoms with van der Waals surface area (Å²) in [7, 11) is -2.77. The van der Waals surface area contributed by atoms with Gasteiger partial charge in [-0.05, 0) is 18.2 Å². The Bertz CT molecular complexity index is 1130. The first-order chi connectivity index (χ1) is 12.8. The molecule has 0 saturated carbocycles. The van der Waals surface area contributed by atoms with Gasteiger partial charge in [0.1, 0.15) is 23.4 Å². The fourth-order valence-electron chi connectivity index (χ4n) is 2.97. The van der Waals surface area contributed by atoms with Crippen molar-refractivity contribution in [2.75, 3.05) is 7.11 Å². The second kappa shape index (κ2) is 6.06. The van der Waals surface area contributed by atoms with Gasteiger partial charge in [0.15, 0.2) is 0 Å². The van der Waals surface area contributed by atoms with Crippen LogP contribution in [0, 0.1) is 11.6 Å². The Balaban J connectivity index is 1.75. The molecular formula is C16H13F2N5O3S. The highest BCUT2D eigenvalue weighted by Crippen LogP contribution is 2.26. The Morgan fingerprint density at radius 3 is 2.63 bits per heavy atom. The third-order valence-electron chi connectivity index (χ3n) is 4.24. The zero-order chi connectivity index (χ0) is 19.3. The minimum atomic E-state index is -4.22. The lowest BCUT2D eigenvalue weighted by molar-refractivity contribution is 0.397. The second-order valence-corrected chi connectivity index (χ2v) is 7.50. The number of aromatic nitrogens is 2. The van der Waals surface area contributed by atoms with Crippen LogP contribution in [0.4, 0.5) is 8.78 Å². The smallest absolute Gasteiger partial charge is 0.312 e. The molecule has 1 aromatic heterocycles. The molecule has 0 bridgehead atoms. The number of imidazole rings is 1. The van der Waals surface area contributed by atoms with Crippen LogP contribution in [0.5, 0.6) is 0 Å². The standard InChI is InChI=1S/C16H13F2N5O3S/c1-26-16-21-12-2-3-13-15(14(12)22-16)23(7-20-13)6-9-10(17)4-8(5-11(9)18)27(19,24)25/h2-5,7,12H,6H2,1H3,(H2,19,24,25). The number of fused-ring (bicyclic) bond motifs is 3. The van der Waals surface area contributed by atoms with E-state index in [4.69, 9.17) is 9.88 Å². The monoisotopic (exact) mass is 393 g/mol. The number of nitrogens with zero attached hydrogens (tertiary/aromatic N) is 4. The van der Waals surface area contributed by atoms with Crippen molar-refractivity contribution in [2.45, 2.75) is 17.5 Å². The van der Waals surface area contributed by atoms with E-state index in [9.17, 15) is 17.2 Å². The summed E-state index contributed by atoms with van der Waals surface area (Å²) >= 11 is 0. The highest BCUT2D eigenvalue weighted by Gasteiger charge is 2.31. The number of hydrogen-bond acceptors (Lipinski definition) is 6. The van der Waals surface area contributed by atoms with Crippen molar-refractivity contribution in [2.24, 2.45) is 15.1 Å². The normalized spacial score (nSPS) is 18.0. The number of rotatable bonds is 3. The van der Waals surface area contributed by atoms with E-state index in [1.165, 1.54) is 18.0 Å².